The van der Waals surface area contributed by atoms with Crippen LogP contribution >= 0.6 is 11.3 Å². The number of aromatic nitrogens is 1. The highest BCUT2D eigenvalue weighted by atomic mass is 32.1. The number of nitrogen functional groups attached to an aromatic ring is 1. The van der Waals surface area contributed by atoms with Gasteiger partial charge in [-0.3, -0.25) is 0 Å². The molecule has 0 aliphatic heterocycles. The second-order valence-electron chi connectivity index (χ2n) is 3.44. The smallest absolute Gasteiger partial charge is 0.337 e. The van der Waals surface area contributed by atoms with E-state index < -0.39 is 5.97 Å². The Labute approximate surface area is 102 Å². The molecule has 88 valence electrons. The molecule has 0 fully saturated rings. The van der Waals surface area contributed by atoms with Crippen LogP contribution in [-0.4, -0.2) is 16.1 Å². The monoisotopic (exact) mass is 249 g/mol. The second-order valence-corrected chi connectivity index (χ2v) is 4.16. The maximum absolute atomic E-state index is 11.0. The van der Waals surface area contributed by atoms with Crippen LogP contribution in [-0.2, 0) is 6.54 Å². The van der Waals surface area contributed by atoms with Crippen LogP contribution < -0.4 is 11.1 Å². The lowest BCUT2D eigenvalue weighted by molar-refractivity contribution is 0.0698. The van der Waals surface area contributed by atoms with Gasteiger partial charge in [0, 0.05) is 11.1 Å². The first-order chi connectivity index (χ1) is 8.16. The molecule has 0 unspecified atom stereocenters. The molecule has 0 aliphatic carbocycles. The molecule has 0 aliphatic rings. The van der Waals surface area contributed by atoms with Crippen molar-refractivity contribution in [2.75, 3.05) is 11.1 Å². The molecule has 17 heavy (non-hydrogen) atoms. The quantitative estimate of drug-likeness (QED) is 0.721. The molecule has 0 spiro atoms. The fraction of sp³-hybridized carbons (Fsp3) is 0.0909. The van der Waals surface area contributed by atoms with E-state index in [9.17, 15) is 4.79 Å². The highest BCUT2D eigenvalue weighted by Crippen LogP contribution is 2.20. The number of anilines is 2. The third-order valence-electron chi connectivity index (χ3n) is 2.22. The number of aromatic carboxylic acids is 1. The maximum atomic E-state index is 11.0. The fourth-order valence-electron chi connectivity index (χ4n) is 1.41. The minimum atomic E-state index is -0.981. The second kappa shape index (κ2) is 4.84. The Bertz CT molecular complexity index is 526. The molecular weight excluding hydrogens is 238 g/mol. The number of carboxylic acids is 1. The number of benzene rings is 1. The Kier molecular flexibility index (Phi) is 3.24. The van der Waals surface area contributed by atoms with Crippen molar-refractivity contribution in [1.82, 2.24) is 4.98 Å². The predicted octanol–water partition coefficient (Wildman–Crippen LogP) is 2.04. The number of hydrogen-bond acceptors (Lipinski definition) is 5. The van der Waals surface area contributed by atoms with Crippen molar-refractivity contribution in [3.8, 4) is 0 Å². The molecule has 1 heterocycles. The van der Waals surface area contributed by atoms with E-state index in [4.69, 9.17) is 10.8 Å². The number of hydrogen-bond donors (Lipinski definition) is 3. The highest BCUT2D eigenvalue weighted by molar-refractivity contribution is 7.07. The van der Waals surface area contributed by atoms with Crippen LogP contribution in [0.1, 0.15) is 16.1 Å². The highest BCUT2D eigenvalue weighted by Gasteiger charge is 2.10. The average molecular weight is 249 g/mol. The molecule has 0 saturated carbocycles. The van der Waals surface area contributed by atoms with E-state index in [1.54, 1.807) is 17.6 Å². The maximum Gasteiger partial charge on any atom is 0.337 e. The van der Waals surface area contributed by atoms with Gasteiger partial charge in [0.2, 0.25) is 0 Å². The van der Waals surface area contributed by atoms with Crippen molar-refractivity contribution in [1.29, 1.82) is 0 Å². The lowest BCUT2D eigenvalue weighted by Crippen LogP contribution is -2.07. The minimum absolute atomic E-state index is 0.203. The summed E-state index contributed by atoms with van der Waals surface area (Å²) in [6.07, 6.45) is 0. The normalized spacial score (nSPS) is 10.1. The zero-order chi connectivity index (χ0) is 12.3. The van der Waals surface area contributed by atoms with E-state index in [0.717, 1.165) is 5.69 Å². The molecule has 5 nitrogen and oxygen atoms in total. The van der Waals surface area contributed by atoms with E-state index in [1.165, 1.54) is 17.4 Å². The first-order valence-electron chi connectivity index (χ1n) is 4.90. The Hall–Kier alpha value is -2.08. The van der Waals surface area contributed by atoms with Crippen LogP contribution in [0.25, 0.3) is 0 Å². The van der Waals surface area contributed by atoms with Gasteiger partial charge in [-0.15, -0.1) is 11.3 Å². The summed E-state index contributed by atoms with van der Waals surface area (Å²) in [5.74, 6) is -0.981. The van der Waals surface area contributed by atoms with Gasteiger partial charge < -0.3 is 16.2 Å². The Morgan fingerprint density at radius 3 is 3.00 bits per heavy atom. The van der Waals surface area contributed by atoms with E-state index in [0.29, 0.717) is 17.9 Å². The standard InChI is InChI=1S/C11H11N3O2S/c12-7-1-2-9(11(15)16)10(3-7)13-4-8-5-17-6-14-8/h1-3,5-6,13H,4,12H2,(H,15,16). The summed E-state index contributed by atoms with van der Waals surface area (Å²) in [6, 6.07) is 4.66. The van der Waals surface area contributed by atoms with E-state index in [-0.39, 0.29) is 5.56 Å². The van der Waals surface area contributed by atoms with Gasteiger partial charge in [0.15, 0.2) is 0 Å². The molecule has 1 aromatic carbocycles. The van der Waals surface area contributed by atoms with Crippen LogP contribution in [0.15, 0.2) is 29.1 Å². The SMILES string of the molecule is Nc1ccc(C(=O)O)c(NCc2cscn2)c1. The van der Waals surface area contributed by atoms with Crippen LogP contribution in [0.3, 0.4) is 0 Å². The van der Waals surface area contributed by atoms with E-state index >= 15 is 0 Å². The molecule has 2 rings (SSSR count). The summed E-state index contributed by atoms with van der Waals surface area (Å²) in [4.78, 5) is 15.1. The third-order valence-corrected chi connectivity index (χ3v) is 2.85. The summed E-state index contributed by atoms with van der Waals surface area (Å²) < 4.78 is 0. The number of carbonyl (C=O) groups is 1. The van der Waals surface area contributed by atoms with Gasteiger partial charge >= 0.3 is 5.97 Å². The van der Waals surface area contributed by atoms with Crippen LogP contribution in [0.4, 0.5) is 11.4 Å². The molecular formula is C11H11N3O2S. The molecule has 0 radical (unpaired) electrons. The molecule has 2 aromatic rings. The van der Waals surface area contributed by atoms with Crippen LogP contribution in [0.5, 0.6) is 0 Å². The Balaban J connectivity index is 2.19. The van der Waals surface area contributed by atoms with Crippen molar-refractivity contribution in [2.24, 2.45) is 0 Å². The lowest BCUT2D eigenvalue weighted by Gasteiger charge is -2.09. The number of nitrogens with zero attached hydrogens (tertiary/aromatic N) is 1. The van der Waals surface area contributed by atoms with Crippen molar-refractivity contribution < 1.29 is 9.90 Å². The van der Waals surface area contributed by atoms with Crippen molar-refractivity contribution in [2.45, 2.75) is 6.54 Å². The summed E-state index contributed by atoms with van der Waals surface area (Å²) in [5, 5.41) is 13.9. The molecule has 6 heteroatoms. The van der Waals surface area contributed by atoms with E-state index in [1.807, 2.05) is 5.38 Å². The van der Waals surface area contributed by atoms with Gasteiger partial charge in [-0.1, -0.05) is 0 Å². The fourth-order valence-corrected chi connectivity index (χ4v) is 1.96. The number of carboxylic acid groups (broad SMARTS) is 1. The first kappa shape index (κ1) is 11.4. The number of thiazole rings is 1. The first-order valence-corrected chi connectivity index (χ1v) is 5.85. The minimum Gasteiger partial charge on any atom is -0.478 e. The third kappa shape index (κ3) is 2.73. The number of nitrogens with one attached hydrogen (secondary N) is 1. The average Bonchev–Trinajstić information content (AvgIpc) is 2.78. The van der Waals surface area contributed by atoms with Crippen molar-refractivity contribution in [3.63, 3.8) is 0 Å². The predicted molar refractivity (Wildman–Crippen MR) is 67.3 cm³/mol. The topological polar surface area (TPSA) is 88.2 Å². The van der Waals surface area contributed by atoms with Gasteiger partial charge in [-0.2, -0.15) is 0 Å². The lowest BCUT2D eigenvalue weighted by atomic mass is 10.1. The summed E-state index contributed by atoms with van der Waals surface area (Å²) >= 11 is 1.50. The molecule has 0 atom stereocenters. The van der Waals surface area contributed by atoms with Gasteiger partial charge in [-0.25, -0.2) is 9.78 Å². The van der Waals surface area contributed by atoms with Gasteiger partial charge in [0.1, 0.15) is 0 Å². The summed E-state index contributed by atoms with van der Waals surface area (Å²) in [7, 11) is 0. The molecule has 1 aromatic heterocycles. The number of rotatable bonds is 4. The molecule has 0 saturated heterocycles. The summed E-state index contributed by atoms with van der Waals surface area (Å²) in [5.41, 5.74) is 9.46. The van der Waals surface area contributed by atoms with E-state index in [2.05, 4.69) is 10.3 Å². The zero-order valence-electron chi connectivity index (χ0n) is 8.88. The largest absolute Gasteiger partial charge is 0.478 e. The van der Waals surface area contributed by atoms with Crippen molar-refractivity contribution in [3.05, 3.63) is 40.3 Å². The Morgan fingerprint density at radius 2 is 2.35 bits per heavy atom. The summed E-state index contributed by atoms with van der Waals surface area (Å²) in [6.45, 7) is 0.479. The van der Waals surface area contributed by atoms with Gasteiger partial charge in [-0.05, 0) is 18.2 Å². The molecule has 4 N–H and O–H groups in total. The molecule has 0 amide bonds. The van der Waals surface area contributed by atoms with Gasteiger partial charge in [0.05, 0.1) is 29.0 Å². The zero-order valence-corrected chi connectivity index (χ0v) is 9.70. The number of nitrogens with two attached hydrogens (primary N) is 1. The molecule has 0 bridgehead atoms. The Morgan fingerprint density at radius 1 is 1.53 bits per heavy atom. The van der Waals surface area contributed by atoms with Gasteiger partial charge in [0.25, 0.3) is 0 Å². The van der Waals surface area contributed by atoms with Crippen molar-refractivity contribution >= 4 is 28.7 Å². The van der Waals surface area contributed by atoms with Crippen LogP contribution in [0.2, 0.25) is 0 Å². The van der Waals surface area contributed by atoms with Crippen LogP contribution in [0, 0.1) is 0 Å².